The summed E-state index contributed by atoms with van der Waals surface area (Å²) in [4.78, 5) is 16.2. The third kappa shape index (κ3) is 6.23. The highest BCUT2D eigenvalue weighted by Gasteiger charge is 2.22. The Balaban J connectivity index is 0.000000210. The summed E-state index contributed by atoms with van der Waals surface area (Å²) in [6.45, 7) is 8.89. The van der Waals surface area contributed by atoms with Crippen molar-refractivity contribution in [3.63, 3.8) is 0 Å². The molecule has 2 N–H and O–H groups in total. The van der Waals surface area contributed by atoms with Crippen LogP contribution in [0.1, 0.15) is 48.5 Å². The van der Waals surface area contributed by atoms with Gasteiger partial charge in [-0.05, 0) is 68.3 Å². The molecule has 0 radical (unpaired) electrons. The SMILES string of the molecule is C=Nc1ccc(C)cc1NC.CC1CCCC(NC(=O)c2ccc3c(c2)OCCO3)C1. The van der Waals surface area contributed by atoms with E-state index in [0.29, 0.717) is 36.5 Å². The number of benzene rings is 2. The Kier molecular flexibility index (Phi) is 7.93. The van der Waals surface area contributed by atoms with E-state index in [-0.39, 0.29) is 5.91 Å². The van der Waals surface area contributed by atoms with Gasteiger partial charge < -0.3 is 20.1 Å². The molecule has 1 fully saturated rings. The summed E-state index contributed by atoms with van der Waals surface area (Å²) in [6, 6.07) is 11.7. The van der Waals surface area contributed by atoms with Crippen LogP contribution in [0.4, 0.5) is 11.4 Å². The molecule has 2 aromatic rings. The van der Waals surface area contributed by atoms with Crippen LogP contribution in [0.3, 0.4) is 0 Å². The smallest absolute Gasteiger partial charge is 0.251 e. The van der Waals surface area contributed by atoms with Crippen molar-refractivity contribution in [2.45, 2.75) is 45.6 Å². The first-order valence-corrected chi connectivity index (χ1v) is 11.0. The average molecular weight is 424 g/mol. The number of fused-ring (bicyclic) bond motifs is 1. The van der Waals surface area contributed by atoms with Crippen LogP contribution in [0.5, 0.6) is 11.5 Å². The Labute approximate surface area is 185 Å². The highest BCUT2D eigenvalue weighted by atomic mass is 16.6. The lowest BCUT2D eigenvalue weighted by molar-refractivity contribution is 0.0920. The molecule has 1 amide bonds. The van der Waals surface area contributed by atoms with Crippen molar-refractivity contribution in [1.29, 1.82) is 0 Å². The number of aryl methyl sites for hydroxylation is 1. The fourth-order valence-electron chi connectivity index (χ4n) is 4.01. The minimum atomic E-state index is -0.0129. The molecule has 6 heteroatoms. The Morgan fingerprint density at radius 2 is 1.87 bits per heavy atom. The lowest BCUT2D eigenvalue weighted by Crippen LogP contribution is -2.38. The van der Waals surface area contributed by atoms with E-state index in [0.717, 1.165) is 30.0 Å². The molecule has 0 spiro atoms. The van der Waals surface area contributed by atoms with Gasteiger partial charge in [-0.25, -0.2) is 0 Å². The molecule has 1 aliphatic heterocycles. The van der Waals surface area contributed by atoms with Crippen molar-refractivity contribution in [2.75, 3.05) is 25.6 Å². The van der Waals surface area contributed by atoms with Crippen LogP contribution in [-0.4, -0.2) is 38.9 Å². The Morgan fingerprint density at radius 1 is 1.10 bits per heavy atom. The normalized spacial score (nSPS) is 19.5. The molecule has 31 heavy (non-hydrogen) atoms. The number of anilines is 1. The molecular weight excluding hydrogens is 390 g/mol. The van der Waals surface area contributed by atoms with E-state index in [4.69, 9.17) is 9.47 Å². The molecule has 1 saturated carbocycles. The number of ether oxygens (including phenoxy) is 2. The molecule has 1 heterocycles. The summed E-state index contributed by atoms with van der Waals surface area (Å²) in [7, 11) is 1.88. The number of hydrogen-bond acceptors (Lipinski definition) is 5. The van der Waals surface area contributed by atoms with Gasteiger partial charge in [0.15, 0.2) is 11.5 Å². The van der Waals surface area contributed by atoms with Crippen LogP contribution in [0, 0.1) is 12.8 Å². The first-order chi connectivity index (χ1) is 15.0. The summed E-state index contributed by atoms with van der Waals surface area (Å²) in [5.41, 5.74) is 3.80. The second kappa shape index (κ2) is 10.8. The molecule has 0 saturated heterocycles. The summed E-state index contributed by atoms with van der Waals surface area (Å²) < 4.78 is 11.0. The van der Waals surface area contributed by atoms with E-state index in [1.165, 1.54) is 18.4 Å². The molecule has 4 rings (SSSR count). The zero-order valence-corrected chi connectivity index (χ0v) is 18.7. The standard InChI is InChI=1S/C16H21NO3.C9H12N2/c1-11-3-2-4-13(9-11)17-16(18)12-5-6-14-15(10-12)20-8-7-19-14;1-7-4-5-8(10-2)9(6-7)11-3/h5-6,10-11,13H,2-4,7-9H2,1H3,(H,17,18);4-6,11H,2H2,1,3H3. The largest absolute Gasteiger partial charge is 0.486 e. The Bertz CT molecular complexity index is 913. The number of aliphatic imine (C=N–C) groups is 1. The number of amides is 1. The molecule has 2 aromatic carbocycles. The van der Waals surface area contributed by atoms with E-state index in [1.54, 1.807) is 12.1 Å². The molecule has 2 aliphatic rings. The van der Waals surface area contributed by atoms with Crippen LogP contribution < -0.4 is 20.1 Å². The molecule has 0 bridgehead atoms. The zero-order valence-electron chi connectivity index (χ0n) is 18.7. The maximum atomic E-state index is 12.3. The summed E-state index contributed by atoms with van der Waals surface area (Å²) in [6.07, 6.45) is 4.64. The molecule has 166 valence electrons. The predicted molar refractivity (Wildman–Crippen MR) is 126 cm³/mol. The van der Waals surface area contributed by atoms with Gasteiger partial charge in [0.2, 0.25) is 0 Å². The van der Waals surface area contributed by atoms with Gasteiger partial charge in [0.25, 0.3) is 5.91 Å². The molecule has 2 unspecified atom stereocenters. The van der Waals surface area contributed by atoms with Gasteiger partial charge in [0.05, 0.1) is 11.4 Å². The summed E-state index contributed by atoms with van der Waals surface area (Å²) >= 11 is 0. The monoisotopic (exact) mass is 423 g/mol. The van der Waals surface area contributed by atoms with E-state index < -0.39 is 0 Å². The number of carbonyl (C=O) groups excluding carboxylic acids is 1. The van der Waals surface area contributed by atoms with Gasteiger partial charge in [-0.15, -0.1) is 0 Å². The van der Waals surface area contributed by atoms with Gasteiger partial charge in [0.1, 0.15) is 13.2 Å². The second-order valence-corrected chi connectivity index (χ2v) is 8.23. The van der Waals surface area contributed by atoms with Crippen molar-refractivity contribution in [3.05, 3.63) is 47.5 Å². The van der Waals surface area contributed by atoms with Gasteiger partial charge in [-0.3, -0.25) is 9.79 Å². The number of nitrogens with one attached hydrogen (secondary N) is 2. The van der Waals surface area contributed by atoms with Crippen molar-refractivity contribution < 1.29 is 14.3 Å². The van der Waals surface area contributed by atoms with Crippen LogP contribution in [0.2, 0.25) is 0 Å². The number of rotatable bonds is 4. The van der Waals surface area contributed by atoms with Crippen molar-refractivity contribution >= 4 is 24.0 Å². The lowest BCUT2D eigenvalue weighted by atomic mass is 9.87. The summed E-state index contributed by atoms with van der Waals surface area (Å²) in [5, 5.41) is 6.19. The van der Waals surface area contributed by atoms with E-state index in [2.05, 4.69) is 29.3 Å². The third-order valence-corrected chi connectivity index (χ3v) is 5.67. The molecule has 2 atom stereocenters. The number of nitrogens with zero attached hydrogens (tertiary/aromatic N) is 1. The minimum absolute atomic E-state index is 0.0129. The third-order valence-electron chi connectivity index (χ3n) is 5.67. The Hall–Kier alpha value is -3.02. The van der Waals surface area contributed by atoms with Gasteiger partial charge in [-0.2, -0.15) is 0 Å². The first kappa shape index (κ1) is 22.7. The predicted octanol–water partition coefficient (Wildman–Crippen LogP) is 5.14. The van der Waals surface area contributed by atoms with Gasteiger partial charge in [0, 0.05) is 18.7 Å². The molecule has 1 aliphatic carbocycles. The van der Waals surface area contributed by atoms with Crippen LogP contribution >= 0.6 is 0 Å². The molecular formula is C25H33N3O3. The fraction of sp³-hybridized carbons (Fsp3) is 0.440. The maximum absolute atomic E-state index is 12.3. The number of carbonyl (C=O) groups is 1. The molecule has 0 aromatic heterocycles. The number of hydrogen-bond donors (Lipinski definition) is 2. The van der Waals surface area contributed by atoms with Gasteiger partial charge in [-0.1, -0.05) is 25.8 Å². The van der Waals surface area contributed by atoms with Crippen LogP contribution in [0.25, 0.3) is 0 Å². The lowest BCUT2D eigenvalue weighted by Gasteiger charge is -2.27. The van der Waals surface area contributed by atoms with E-state index in [9.17, 15) is 4.79 Å². The van der Waals surface area contributed by atoms with Gasteiger partial charge >= 0.3 is 0 Å². The van der Waals surface area contributed by atoms with Crippen LogP contribution in [-0.2, 0) is 0 Å². The van der Waals surface area contributed by atoms with E-state index in [1.807, 2.05) is 38.2 Å². The quantitative estimate of drug-likeness (QED) is 0.669. The average Bonchev–Trinajstić information content (AvgIpc) is 2.79. The maximum Gasteiger partial charge on any atom is 0.251 e. The topological polar surface area (TPSA) is 72.0 Å². The van der Waals surface area contributed by atoms with E-state index >= 15 is 0 Å². The highest BCUT2D eigenvalue weighted by Crippen LogP contribution is 2.31. The summed E-state index contributed by atoms with van der Waals surface area (Å²) in [5.74, 6) is 2.08. The highest BCUT2D eigenvalue weighted by molar-refractivity contribution is 5.95. The van der Waals surface area contributed by atoms with Crippen molar-refractivity contribution in [2.24, 2.45) is 10.9 Å². The van der Waals surface area contributed by atoms with Crippen LogP contribution in [0.15, 0.2) is 41.4 Å². The molecule has 6 nitrogen and oxygen atoms in total. The van der Waals surface area contributed by atoms with Crippen molar-refractivity contribution in [3.8, 4) is 11.5 Å². The first-order valence-electron chi connectivity index (χ1n) is 11.0. The second-order valence-electron chi connectivity index (χ2n) is 8.23. The minimum Gasteiger partial charge on any atom is -0.486 e. The Morgan fingerprint density at radius 3 is 2.58 bits per heavy atom. The zero-order chi connectivity index (χ0) is 22.2. The fourth-order valence-corrected chi connectivity index (χ4v) is 4.01. The van der Waals surface area contributed by atoms with Crippen molar-refractivity contribution in [1.82, 2.24) is 5.32 Å².